The average molecular weight is 290 g/mol. The van der Waals surface area contributed by atoms with Crippen molar-refractivity contribution in [2.45, 2.75) is 12.0 Å². The summed E-state index contributed by atoms with van der Waals surface area (Å²) in [5, 5.41) is 28.7. The monoisotopic (exact) mass is 290 g/mol. The van der Waals surface area contributed by atoms with E-state index >= 15 is 0 Å². The molecular weight excluding hydrogens is 272 g/mol. The minimum atomic E-state index is -0.975. The number of allylic oxidation sites excluding steroid dienone is 1. The van der Waals surface area contributed by atoms with Gasteiger partial charge in [-0.05, 0) is 29.8 Å². The topological polar surface area (TPSA) is 79.2 Å². The van der Waals surface area contributed by atoms with E-state index in [2.05, 4.69) is 0 Å². The third-order valence-corrected chi connectivity index (χ3v) is 3.06. The zero-order chi connectivity index (χ0) is 15.3. The molecule has 0 spiro atoms. The summed E-state index contributed by atoms with van der Waals surface area (Å²) < 4.78 is 10.5. The van der Waals surface area contributed by atoms with E-state index in [4.69, 9.17) is 9.47 Å². The van der Waals surface area contributed by atoms with Gasteiger partial charge in [-0.25, -0.2) is 0 Å². The summed E-state index contributed by atoms with van der Waals surface area (Å²) >= 11 is 0. The highest BCUT2D eigenvalue weighted by atomic mass is 16.7. The largest absolute Gasteiger partial charge is 0.512 e. The average Bonchev–Trinajstić information content (AvgIpc) is 2.44. The lowest BCUT2D eigenvalue weighted by Crippen LogP contribution is -2.31. The Bertz CT molecular complexity index is 571. The number of hydrogen-bond donors (Lipinski definition) is 3. The molecule has 21 heavy (non-hydrogen) atoms. The summed E-state index contributed by atoms with van der Waals surface area (Å²) in [7, 11) is 1.50. The predicted molar refractivity (Wildman–Crippen MR) is 78.9 cm³/mol. The number of aliphatic hydroxyl groups is 2. The third kappa shape index (κ3) is 4.11. The lowest BCUT2D eigenvalue weighted by Gasteiger charge is -2.29. The molecule has 1 aromatic rings. The number of aliphatic hydroxyl groups excluding tert-OH is 2. The van der Waals surface area contributed by atoms with Gasteiger partial charge in [-0.15, -0.1) is 0 Å². The van der Waals surface area contributed by atoms with E-state index in [-0.39, 0.29) is 30.5 Å². The molecule has 0 saturated carbocycles. The Labute approximate surface area is 123 Å². The van der Waals surface area contributed by atoms with Crippen LogP contribution in [0.15, 0.2) is 54.0 Å². The third-order valence-electron chi connectivity index (χ3n) is 3.06. The molecule has 0 heterocycles. The summed E-state index contributed by atoms with van der Waals surface area (Å²) in [6, 6.07) is 6.65. The highest BCUT2D eigenvalue weighted by Crippen LogP contribution is 2.30. The maximum Gasteiger partial charge on any atom is 0.147 e. The standard InChI is InChI=1S/C16H18O5/c1-20-11-21-16(9-14(18)8-15(19)10-16)7-6-12-2-4-13(17)5-3-12/h2-9,17-19H,10-11H2,1H3. The minimum Gasteiger partial charge on any atom is -0.512 e. The van der Waals surface area contributed by atoms with Gasteiger partial charge < -0.3 is 24.8 Å². The fraction of sp³-hybridized carbons (Fsp3) is 0.250. The molecular formula is C16H18O5. The molecule has 0 bridgehead atoms. The first-order valence-electron chi connectivity index (χ1n) is 6.45. The van der Waals surface area contributed by atoms with E-state index in [1.807, 2.05) is 0 Å². The smallest absolute Gasteiger partial charge is 0.147 e. The SMILES string of the molecule is COCOC1(C=Cc2ccc(O)cc2)C=C(O)C=C(O)C1. The highest BCUT2D eigenvalue weighted by Gasteiger charge is 2.31. The molecule has 3 N–H and O–H groups in total. The molecule has 1 atom stereocenters. The Morgan fingerprint density at radius 1 is 1.19 bits per heavy atom. The van der Waals surface area contributed by atoms with Crippen LogP contribution in [0, 0.1) is 0 Å². The molecule has 5 heteroatoms. The van der Waals surface area contributed by atoms with E-state index in [1.54, 1.807) is 36.4 Å². The number of methoxy groups -OCH3 is 1. The van der Waals surface area contributed by atoms with Crippen LogP contribution in [0.1, 0.15) is 12.0 Å². The minimum absolute atomic E-state index is 0.0248. The van der Waals surface area contributed by atoms with E-state index in [1.165, 1.54) is 19.3 Å². The van der Waals surface area contributed by atoms with Gasteiger partial charge in [-0.1, -0.05) is 18.2 Å². The fourth-order valence-electron chi connectivity index (χ4n) is 2.09. The van der Waals surface area contributed by atoms with Gasteiger partial charge >= 0.3 is 0 Å². The first kappa shape index (κ1) is 15.2. The first-order valence-corrected chi connectivity index (χ1v) is 6.45. The van der Waals surface area contributed by atoms with Crippen molar-refractivity contribution in [2.75, 3.05) is 13.9 Å². The Hall–Kier alpha value is -2.24. The summed E-state index contributed by atoms with van der Waals surface area (Å²) in [6.07, 6.45) is 6.52. The van der Waals surface area contributed by atoms with Gasteiger partial charge in [-0.2, -0.15) is 0 Å². The van der Waals surface area contributed by atoms with Crippen LogP contribution in [0.2, 0.25) is 0 Å². The van der Waals surface area contributed by atoms with Gasteiger partial charge in [0.15, 0.2) is 0 Å². The van der Waals surface area contributed by atoms with Gasteiger partial charge in [0, 0.05) is 19.6 Å². The molecule has 0 fully saturated rings. The second-order valence-electron chi connectivity index (χ2n) is 4.81. The molecule has 1 aliphatic carbocycles. The summed E-state index contributed by atoms with van der Waals surface area (Å²) in [5.41, 5.74) is -0.119. The predicted octanol–water partition coefficient (Wildman–Crippen LogP) is 3.05. The quantitative estimate of drug-likeness (QED) is 0.726. The molecule has 0 amide bonds. The lowest BCUT2D eigenvalue weighted by molar-refractivity contribution is -0.0906. The Morgan fingerprint density at radius 3 is 2.52 bits per heavy atom. The molecule has 0 radical (unpaired) electrons. The van der Waals surface area contributed by atoms with Gasteiger partial charge in [0.1, 0.15) is 23.9 Å². The lowest BCUT2D eigenvalue weighted by atomic mass is 9.91. The van der Waals surface area contributed by atoms with Gasteiger partial charge in [0.2, 0.25) is 0 Å². The van der Waals surface area contributed by atoms with Crippen LogP contribution in [0.4, 0.5) is 0 Å². The molecule has 1 unspecified atom stereocenters. The van der Waals surface area contributed by atoms with Crippen molar-refractivity contribution < 1.29 is 24.8 Å². The number of phenolic OH excluding ortho intramolecular Hbond substituents is 1. The number of phenols is 1. The zero-order valence-corrected chi connectivity index (χ0v) is 11.7. The van der Waals surface area contributed by atoms with E-state index in [0.717, 1.165) is 5.56 Å². The van der Waals surface area contributed by atoms with Crippen LogP contribution >= 0.6 is 0 Å². The Morgan fingerprint density at radius 2 is 1.90 bits per heavy atom. The second-order valence-corrected chi connectivity index (χ2v) is 4.81. The molecule has 0 saturated heterocycles. The molecule has 1 aromatic carbocycles. The maximum absolute atomic E-state index is 9.72. The number of hydrogen-bond acceptors (Lipinski definition) is 5. The first-order chi connectivity index (χ1) is 10.0. The summed E-state index contributed by atoms with van der Waals surface area (Å²) in [4.78, 5) is 0. The molecule has 1 aliphatic rings. The molecule has 0 aromatic heterocycles. The van der Waals surface area contributed by atoms with E-state index < -0.39 is 5.60 Å². The second kappa shape index (κ2) is 6.47. The van der Waals surface area contributed by atoms with Gasteiger partial charge in [0.05, 0.1) is 5.76 Å². The highest BCUT2D eigenvalue weighted by molar-refractivity contribution is 5.53. The van der Waals surface area contributed by atoms with Crippen molar-refractivity contribution >= 4 is 6.08 Å². The molecule has 5 nitrogen and oxygen atoms in total. The van der Waals surface area contributed by atoms with Crippen molar-refractivity contribution in [3.63, 3.8) is 0 Å². The summed E-state index contributed by atoms with van der Waals surface area (Å²) in [6.45, 7) is 0.0248. The maximum atomic E-state index is 9.72. The normalized spacial score (nSPS) is 22.1. The van der Waals surface area contributed by atoms with Crippen molar-refractivity contribution in [1.29, 1.82) is 0 Å². The van der Waals surface area contributed by atoms with Gasteiger partial charge in [0.25, 0.3) is 0 Å². The van der Waals surface area contributed by atoms with Crippen LogP contribution in [0.25, 0.3) is 6.08 Å². The summed E-state index contributed by atoms with van der Waals surface area (Å²) in [5.74, 6) is 0.153. The molecule has 0 aliphatic heterocycles. The van der Waals surface area contributed by atoms with Crippen LogP contribution in [0.3, 0.4) is 0 Å². The molecule has 2 rings (SSSR count). The fourth-order valence-corrected chi connectivity index (χ4v) is 2.09. The van der Waals surface area contributed by atoms with Crippen LogP contribution < -0.4 is 0 Å². The number of benzene rings is 1. The number of rotatable bonds is 5. The molecule has 112 valence electrons. The zero-order valence-electron chi connectivity index (χ0n) is 11.7. The number of aromatic hydroxyl groups is 1. The van der Waals surface area contributed by atoms with Crippen LogP contribution in [-0.4, -0.2) is 34.8 Å². The Balaban J connectivity index is 2.24. The van der Waals surface area contributed by atoms with Crippen LogP contribution in [0.5, 0.6) is 5.75 Å². The Kier molecular flexibility index (Phi) is 4.67. The number of ether oxygens (including phenoxy) is 2. The van der Waals surface area contributed by atoms with E-state index in [9.17, 15) is 15.3 Å². The van der Waals surface area contributed by atoms with E-state index in [0.29, 0.717) is 0 Å². The van der Waals surface area contributed by atoms with Crippen molar-refractivity contribution in [2.24, 2.45) is 0 Å². The van der Waals surface area contributed by atoms with Crippen LogP contribution in [-0.2, 0) is 9.47 Å². The van der Waals surface area contributed by atoms with Gasteiger partial charge in [-0.3, -0.25) is 0 Å². The van der Waals surface area contributed by atoms with Crippen molar-refractivity contribution in [3.8, 4) is 5.75 Å². The van der Waals surface area contributed by atoms with Crippen molar-refractivity contribution in [3.05, 3.63) is 59.6 Å². The van der Waals surface area contributed by atoms with Crippen molar-refractivity contribution in [1.82, 2.24) is 0 Å².